The maximum Gasteiger partial charge on any atom is 0.407 e. The van der Waals surface area contributed by atoms with Gasteiger partial charge in [-0.2, -0.15) is 13.2 Å². The van der Waals surface area contributed by atoms with E-state index in [0.717, 1.165) is 0 Å². The molecule has 1 heterocycles. The highest BCUT2D eigenvalue weighted by Crippen LogP contribution is 2.46. The summed E-state index contributed by atoms with van der Waals surface area (Å²) in [5.74, 6) is -1.74. The van der Waals surface area contributed by atoms with Crippen LogP contribution in [0.25, 0.3) is 10.9 Å². The highest BCUT2D eigenvalue weighted by atomic mass is 19.4. The molecular formula is C27H32F4N2O. The molecule has 0 radical (unpaired) electrons. The van der Waals surface area contributed by atoms with Crippen molar-refractivity contribution >= 4 is 10.9 Å². The molecule has 0 saturated heterocycles. The maximum atomic E-state index is 15.1. The monoisotopic (exact) mass is 476 g/mol. The van der Waals surface area contributed by atoms with E-state index >= 15 is 13.2 Å². The van der Waals surface area contributed by atoms with E-state index in [0.29, 0.717) is 27.8 Å². The molecule has 34 heavy (non-hydrogen) atoms. The molecule has 2 aromatic carbocycles. The molecule has 3 aromatic rings. The molecule has 3 rings (SSSR count). The van der Waals surface area contributed by atoms with Gasteiger partial charge in [0.05, 0.1) is 12.6 Å². The average molecular weight is 477 g/mol. The summed E-state index contributed by atoms with van der Waals surface area (Å²) in [6.07, 6.45) is -3.32. The Labute approximate surface area is 198 Å². The van der Waals surface area contributed by atoms with Crippen LogP contribution in [0.5, 0.6) is 5.75 Å². The van der Waals surface area contributed by atoms with E-state index in [-0.39, 0.29) is 18.9 Å². The smallest absolute Gasteiger partial charge is 0.407 e. The van der Waals surface area contributed by atoms with E-state index in [2.05, 4.69) is 10.3 Å². The third-order valence-electron chi connectivity index (χ3n) is 6.75. The minimum absolute atomic E-state index is 0.00196. The van der Waals surface area contributed by atoms with Gasteiger partial charge in [0, 0.05) is 23.6 Å². The Kier molecular flexibility index (Phi) is 7.86. The fourth-order valence-corrected chi connectivity index (χ4v) is 4.60. The lowest BCUT2D eigenvalue weighted by Gasteiger charge is -2.45. The number of ether oxygens (including phenoxy) is 1. The first kappa shape index (κ1) is 25.9. The molecule has 0 bridgehead atoms. The lowest BCUT2D eigenvalue weighted by molar-refractivity contribution is -0.214. The van der Waals surface area contributed by atoms with Crippen LogP contribution >= 0.6 is 0 Å². The Morgan fingerprint density at radius 3 is 2.35 bits per heavy atom. The highest BCUT2D eigenvalue weighted by Gasteiger charge is 2.59. The number of methoxy groups -OCH3 is 1. The predicted octanol–water partition coefficient (Wildman–Crippen LogP) is 6.91. The van der Waals surface area contributed by atoms with Crippen molar-refractivity contribution in [3.05, 3.63) is 71.7 Å². The third-order valence-corrected chi connectivity index (χ3v) is 6.75. The van der Waals surface area contributed by atoms with Gasteiger partial charge >= 0.3 is 6.18 Å². The van der Waals surface area contributed by atoms with E-state index in [9.17, 15) is 4.39 Å². The number of nitrogens with zero attached hydrogens (tertiary/aromatic N) is 1. The van der Waals surface area contributed by atoms with Crippen LogP contribution in [0.2, 0.25) is 0 Å². The molecule has 184 valence electrons. The van der Waals surface area contributed by atoms with Crippen molar-refractivity contribution in [2.75, 3.05) is 13.7 Å². The lowest BCUT2D eigenvalue weighted by atomic mass is 9.70. The van der Waals surface area contributed by atoms with Gasteiger partial charge in [-0.25, -0.2) is 4.39 Å². The van der Waals surface area contributed by atoms with Crippen molar-refractivity contribution < 1.29 is 22.3 Å². The van der Waals surface area contributed by atoms with Crippen LogP contribution in [0, 0.1) is 17.7 Å². The number of hydrogen-bond donors (Lipinski definition) is 1. The molecule has 0 amide bonds. The number of fused-ring (bicyclic) bond motifs is 1. The topological polar surface area (TPSA) is 34.1 Å². The van der Waals surface area contributed by atoms with Crippen LogP contribution in [0.1, 0.15) is 44.7 Å². The molecule has 0 aliphatic heterocycles. The standard InChI is InChI=1S/C27H32F4N2O/c1-17(2)16-33-26(27(29,30)31,15-20-12-13-32-24-9-7-6-8-22(20)24)19(4)18(3)23-14-21(28)10-11-25(23)34-5/h6-14,17-19,33H,15-16H2,1-5H3. The summed E-state index contributed by atoms with van der Waals surface area (Å²) >= 11 is 0. The van der Waals surface area contributed by atoms with E-state index in [1.54, 1.807) is 44.3 Å². The number of halogens is 4. The van der Waals surface area contributed by atoms with Gasteiger partial charge in [0.15, 0.2) is 0 Å². The first-order chi connectivity index (χ1) is 16.0. The Morgan fingerprint density at radius 1 is 1.00 bits per heavy atom. The van der Waals surface area contributed by atoms with Crippen molar-refractivity contribution in [2.45, 2.75) is 51.7 Å². The molecule has 3 unspecified atom stereocenters. The molecule has 0 aliphatic rings. The number of hydrogen-bond acceptors (Lipinski definition) is 3. The van der Waals surface area contributed by atoms with Gasteiger partial charge in [0.1, 0.15) is 17.1 Å². The number of para-hydroxylation sites is 1. The minimum Gasteiger partial charge on any atom is -0.496 e. The largest absolute Gasteiger partial charge is 0.496 e. The molecule has 0 fully saturated rings. The van der Waals surface area contributed by atoms with Gasteiger partial charge in [0.2, 0.25) is 0 Å². The second-order valence-electron chi connectivity index (χ2n) is 9.37. The van der Waals surface area contributed by atoms with E-state index < -0.39 is 29.4 Å². The lowest BCUT2D eigenvalue weighted by Crippen LogP contribution is -2.64. The van der Waals surface area contributed by atoms with Gasteiger partial charge in [-0.3, -0.25) is 4.98 Å². The summed E-state index contributed by atoms with van der Waals surface area (Å²) in [6, 6.07) is 12.8. The number of benzene rings is 2. The van der Waals surface area contributed by atoms with Gasteiger partial charge in [0.25, 0.3) is 0 Å². The van der Waals surface area contributed by atoms with Crippen molar-refractivity contribution in [3.63, 3.8) is 0 Å². The number of alkyl halides is 3. The minimum atomic E-state index is -4.58. The van der Waals surface area contributed by atoms with Crippen LogP contribution in [0.15, 0.2) is 54.7 Å². The fraction of sp³-hybridized carbons (Fsp3) is 0.444. The maximum absolute atomic E-state index is 15.1. The summed E-state index contributed by atoms with van der Waals surface area (Å²) in [4.78, 5) is 4.31. The zero-order valence-corrected chi connectivity index (χ0v) is 20.2. The molecule has 3 atom stereocenters. The van der Waals surface area contributed by atoms with Crippen LogP contribution < -0.4 is 10.1 Å². The van der Waals surface area contributed by atoms with Crippen LogP contribution in [0.3, 0.4) is 0 Å². The summed E-state index contributed by atoms with van der Waals surface area (Å²) in [5, 5.41) is 3.60. The van der Waals surface area contributed by atoms with Crippen LogP contribution in [0.4, 0.5) is 17.6 Å². The predicted molar refractivity (Wildman–Crippen MR) is 128 cm³/mol. The average Bonchev–Trinajstić information content (AvgIpc) is 2.80. The molecule has 0 spiro atoms. The number of nitrogens with one attached hydrogen (secondary N) is 1. The Bertz CT molecular complexity index is 1110. The quantitative estimate of drug-likeness (QED) is 0.341. The van der Waals surface area contributed by atoms with Gasteiger partial charge < -0.3 is 10.1 Å². The summed E-state index contributed by atoms with van der Waals surface area (Å²) in [6.45, 7) is 7.21. The summed E-state index contributed by atoms with van der Waals surface area (Å²) in [7, 11) is 1.44. The highest BCUT2D eigenvalue weighted by molar-refractivity contribution is 5.82. The Hall–Kier alpha value is -2.67. The van der Waals surface area contributed by atoms with Gasteiger partial charge in [-0.05, 0) is 60.2 Å². The second-order valence-corrected chi connectivity index (χ2v) is 9.37. The van der Waals surface area contributed by atoms with Crippen molar-refractivity contribution in [2.24, 2.45) is 11.8 Å². The molecule has 7 heteroatoms. The zero-order valence-electron chi connectivity index (χ0n) is 20.2. The fourth-order valence-electron chi connectivity index (χ4n) is 4.60. The van der Waals surface area contributed by atoms with E-state index in [1.807, 2.05) is 19.9 Å². The second kappa shape index (κ2) is 10.3. The Morgan fingerprint density at radius 2 is 1.71 bits per heavy atom. The van der Waals surface area contributed by atoms with Gasteiger partial charge in [-0.1, -0.05) is 45.9 Å². The first-order valence-corrected chi connectivity index (χ1v) is 11.5. The summed E-state index contributed by atoms with van der Waals surface area (Å²) in [5.41, 5.74) is -0.649. The van der Waals surface area contributed by atoms with Crippen molar-refractivity contribution in [3.8, 4) is 5.75 Å². The summed E-state index contributed by atoms with van der Waals surface area (Å²) < 4.78 is 64.8. The van der Waals surface area contributed by atoms with Crippen molar-refractivity contribution in [1.29, 1.82) is 0 Å². The molecule has 1 N–H and O–H groups in total. The molecule has 0 saturated carbocycles. The normalized spacial score (nSPS) is 15.8. The Balaban J connectivity index is 2.16. The van der Waals surface area contributed by atoms with Crippen LogP contribution in [-0.4, -0.2) is 30.4 Å². The van der Waals surface area contributed by atoms with Gasteiger partial charge in [-0.15, -0.1) is 0 Å². The number of rotatable bonds is 9. The first-order valence-electron chi connectivity index (χ1n) is 11.5. The third kappa shape index (κ3) is 5.19. The number of pyridine rings is 1. The molecule has 1 aromatic heterocycles. The van der Waals surface area contributed by atoms with Crippen molar-refractivity contribution in [1.82, 2.24) is 10.3 Å². The SMILES string of the molecule is COc1ccc(F)cc1C(C)C(C)C(Cc1ccnc2ccccc12)(NCC(C)C)C(F)(F)F. The van der Waals surface area contributed by atoms with E-state index in [1.165, 1.54) is 25.3 Å². The van der Waals surface area contributed by atoms with E-state index in [4.69, 9.17) is 4.74 Å². The van der Waals surface area contributed by atoms with Crippen LogP contribution in [-0.2, 0) is 6.42 Å². The number of aromatic nitrogens is 1. The molecular weight excluding hydrogens is 444 g/mol. The molecule has 0 aliphatic carbocycles. The molecule has 3 nitrogen and oxygen atoms in total. The zero-order chi connectivity index (χ0) is 25.1.